The zero-order valence-corrected chi connectivity index (χ0v) is 19.8. The van der Waals surface area contributed by atoms with Gasteiger partial charge in [0.2, 0.25) is 15.9 Å². The molecule has 1 fully saturated rings. The number of benzene rings is 2. The van der Waals surface area contributed by atoms with Crippen LogP contribution in [0.1, 0.15) is 29.5 Å². The molecule has 30 heavy (non-hydrogen) atoms. The Morgan fingerprint density at radius 3 is 2.33 bits per heavy atom. The highest BCUT2D eigenvalue weighted by atomic mass is 79.9. The lowest BCUT2D eigenvalue weighted by atomic mass is 10.1. The fourth-order valence-electron chi connectivity index (χ4n) is 3.53. The molecule has 1 heterocycles. The van der Waals surface area contributed by atoms with Crippen LogP contribution in [0.3, 0.4) is 0 Å². The number of nitrogens with one attached hydrogen (secondary N) is 1. The zero-order valence-electron chi connectivity index (χ0n) is 17.4. The summed E-state index contributed by atoms with van der Waals surface area (Å²) in [5, 5.41) is 2.83. The third kappa shape index (κ3) is 6.30. The van der Waals surface area contributed by atoms with E-state index >= 15 is 0 Å². The molecule has 0 saturated carbocycles. The van der Waals surface area contributed by atoms with Crippen LogP contribution in [0.15, 0.2) is 46.9 Å². The average molecular weight is 494 g/mol. The second-order valence-corrected chi connectivity index (χ2v) is 10.5. The van der Waals surface area contributed by atoms with Crippen LogP contribution in [0.5, 0.6) is 0 Å². The summed E-state index contributed by atoms with van der Waals surface area (Å²) in [6, 6.07) is 13.4. The number of likely N-dealkylation sites (tertiary alicyclic amines) is 1. The maximum atomic E-state index is 12.5. The number of hydrogen-bond acceptors (Lipinski definition) is 4. The molecule has 0 radical (unpaired) electrons. The van der Waals surface area contributed by atoms with E-state index in [2.05, 4.69) is 38.3 Å². The van der Waals surface area contributed by atoms with Crippen LogP contribution in [0, 0.1) is 6.92 Å². The smallest absolute Gasteiger partial charge is 0.241 e. The van der Waals surface area contributed by atoms with E-state index in [9.17, 15) is 13.2 Å². The number of carbonyl (C=O) groups is 1. The topological polar surface area (TPSA) is 69.7 Å². The summed E-state index contributed by atoms with van der Waals surface area (Å²) in [5.74, 6) is -0.345. The zero-order chi connectivity index (χ0) is 21.7. The van der Waals surface area contributed by atoms with Gasteiger partial charge in [-0.1, -0.05) is 40.2 Å². The maximum absolute atomic E-state index is 12.5. The van der Waals surface area contributed by atoms with Gasteiger partial charge in [-0.2, -0.15) is 0 Å². The SMILES string of the molecule is Cc1cc(N(CC(=O)NCc2ccc(CN3CCCC3)cc2)S(C)(=O)=O)ccc1Br. The Kier molecular flexibility index (Phi) is 7.55. The number of halogens is 1. The number of nitrogens with zero attached hydrogens (tertiary/aromatic N) is 2. The lowest BCUT2D eigenvalue weighted by Gasteiger charge is -2.22. The number of hydrogen-bond donors (Lipinski definition) is 1. The molecule has 3 rings (SSSR count). The van der Waals surface area contributed by atoms with Gasteiger partial charge in [0.15, 0.2) is 0 Å². The molecular formula is C22H28BrN3O3S. The Hall–Kier alpha value is -1.90. The summed E-state index contributed by atoms with van der Waals surface area (Å²) in [6.07, 6.45) is 3.65. The summed E-state index contributed by atoms with van der Waals surface area (Å²) in [6.45, 7) is 5.26. The van der Waals surface area contributed by atoms with Crippen LogP contribution in [0.2, 0.25) is 0 Å². The first kappa shape index (κ1) is 22.8. The van der Waals surface area contributed by atoms with Crippen molar-refractivity contribution in [2.75, 3.05) is 30.2 Å². The quantitative estimate of drug-likeness (QED) is 0.611. The summed E-state index contributed by atoms with van der Waals surface area (Å²) in [4.78, 5) is 14.9. The van der Waals surface area contributed by atoms with E-state index in [4.69, 9.17) is 0 Å². The third-order valence-electron chi connectivity index (χ3n) is 5.23. The van der Waals surface area contributed by atoms with Gasteiger partial charge in [-0.3, -0.25) is 14.0 Å². The summed E-state index contributed by atoms with van der Waals surface area (Å²) in [7, 11) is -3.59. The van der Waals surface area contributed by atoms with Gasteiger partial charge in [-0.05, 0) is 67.7 Å². The minimum Gasteiger partial charge on any atom is -0.350 e. The first-order chi connectivity index (χ1) is 14.2. The molecule has 162 valence electrons. The lowest BCUT2D eigenvalue weighted by molar-refractivity contribution is -0.119. The van der Waals surface area contributed by atoms with Crippen molar-refractivity contribution in [3.05, 3.63) is 63.6 Å². The molecule has 2 aromatic carbocycles. The van der Waals surface area contributed by atoms with Gasteiger partial charge in [0.05, 0.1) is 11.9 Å². The Labute approximate surface area is 187 Å². The lowest BCUT2D eigenvalue weighted by Crippen LogP contribution is -2.40. The molecule has 0 spiro atoms. The van der Waals surface area contributed by atoms with E-state index in [1.807, 2.05) is 19.1 Å². The highest BCUT2D eigenvalue weighted by molar-refractivity contribution is 9.10. The van der Waals surface area contributed by atoms with Gasteiger partial charge in [0.1, 0.15) is 6.54 Å². The van der Waals surface area contributed by atoms with Crippen LogP contribution in [0.25, 0.3) is 0 Å². The summed E-state index contributed by atoms with van der Waals surface area (Å²) < 4.78 is 26.5. The number of carbonyl (C=O) groups excluding carboxylic acids is 1. The standard InChI is InChI=1S/C22H28BrN3O3S/c1-17-13-20(9-10-21(17)23)26(30(2,28)29)16-22(27)24-14-18-5-7-19(8-6-18)15-25-11-3-4-12-25/h5-10,13H,3-4,11-12,14-16H2,1-2H3,(H,24,27). The molecule has 0 aliphatic carbocycles. The Morgan fingerprint density at radius 2 is 1.73 bits per heavy atom. The molecule has 8 heteroatoms. The fourth-order valence-corrected chi connectivity index (χ4v) is 4.63. The van der Waals surface area contributed by atoms with E-state index in [0.29, 0.717) is 12.2 Å². The first-order valence-corrected chi connectivity index (χ1v) is 12.7. The van der Waals surface area contributed by atoms with Crippen molar-refractivity contribution >= 4 is 37.5 Å². The van der Waals surface area contributed by atoms with Crippen molar-refractivity contribution in [3.8, 4) is 0 Å². The molecule has 1 N–H and O–H groups in total. The minimum absolute atomic E-state index is 0.257. The normalized spacial score (nSPS) is 14.6. The summed E-state index contributed by atoms with van der Waals surface area (Å²) in [5.41, 5.74) is 3.62. The van der Waals surface area contributed by atoms with E-state index < -0.39 is 10.0 Å². The highest BCUT2D eigenvalue weighted by Crippen LogP contribution is 2.24. The number of anilines is 1. The molecule has 0 unspecified atom stereocenters. The molecule has 0 aromatic heterocycles. The fraction of sp³-hybridized carbons (Fsp3) is 0.409. The Morgan fingerprint density at radius 1 is 1.10 bits per heavy atom. The molecule has 0 atom stereocenters. The van der Waals surface area contributed by atoms with Crippen LogP contribution in [-0.4, -0.2) is 45.1 Å². The van der Waals surface area contributed by atoms with E-state index in [0.717, 1.165) is 45.8 Å². The Balaban J connectivity index is 1.58. The van der Waals surface area contributed by atoms with Crippen molar-refractivity contribution in [2.45, 2.75) is 32.9 Å². The predicted molar refractivity (Wildman–Crippen MR) is 124 cm³/mol. The van der Waals surface area contributed by atoms with Crippen molar-refractivity contribution in [2.24, 2.45) is 0 Å². The van der Waals surface area contributed by atoms with Crippen molar-refractivity contribution in [1.82, 2.24) is 10.2 Å². The highest BCUT2D eigenvalue weighted by Gasteiger charge is 2.21. The molecule has 6 nitrogen and oxygen atoms in total. The second-order valence-electron chi connectivity index (χ2n) is 7.78. The van der Waals surface area contributed by atoms with Gasteiger partial charge in [0.25, 0.3) is 0 Å². The van der Waals surface area contributed by atoms with Gasteiger partial charge < -0.3 is 5.32 Å². The summed E-state index contributed by atoms with van der Waals surface area (Å²) >= 11 is 3.41. The van der Waals surface area contributed by atoms with E-state index in [1.54, 1.807) is 18.2 Å². The molecule has 2 aromatic rings. The molecule has 1 amide bonds. The molecule has 1 aliphatic heterocycles. The van der Waals surface area contributed by atoms with E-state index in [-0.39, 0.29) is 12.5 Å². The van der Waals surface area contributed by atoms with Crippen LogP contribution in [-0.2, 0) is 27.9 Å². The van der Waals surface area contributed by atoms with Crippen molar-refractivity contribution in [1.29, 1.82) is 0 Å². The van der Waals surface area contributed by atoms with Crippen LogP contribution < -0.4 is 9.62 Å². The molecule has 1 aliphatic rings. The van der Waals surface area contributed by atoms with Gasteiger partial charge in [0, 0.05) is 17.6 Å². The number of aryl methyl sites for hydroxylation is 1. The second kappa shape index (κ2) is 9.94. The predicted octanol–water partition coefficient (Wildman–Crippen LogP) is 3.44. The maximum Gasteiger partial charge on any atom is 0.241 e. The molecule has 1 saturated heterocycles. The number of sulfonamides is 1. The van der Waals surface area contributed by atoms with Crippen LogP contribution in [0.4, 0.5) is 5.69 Å². The average Bonchev–Trinajstić information content (AvgIpc) is 3.20. The van der Waals surface area contributed by atoms with Crippen molar-refractivity contribution < 1.29 is 13.2 Å². The number of rotatable bonds is 8. The minimum atomic E-state index is -3.59. The number of amides is 1. The molecular weight excluding hydrogens is 466 g/mol. The monoisotopic (exact) mass is 493 g/mol. The molecule has 0 bridgehead atoms. The van der Waals surface area contributed by atoms with E-state index in [1.165, 1.54) is 18.4 Å². The van der Waals surface area contributed by atoms with Crippen LogP contribution >= 0.6 is 15.9 Å². The third-order valence-corrected chi connectivity index (χ3v) is 7.26. The Bertz CT molecular complexity index is 987. The first-order valence-electron chi connectivity index (χ1n) is 10.0. The van der Waals surface area contributed by atoms with Gasteiger partial charge in [-0.25, -0.2) is 8.42 Å². The van der Waals surface area contributed by atoms with Crippen molar-refractivity contribution in [3.63, 3.8) is 0 Å². The van der Waals surface area contributed by atoms with Gasteiger partial charge >= 0.3 is 0 Å². The van der Waals surface area contributed by atoms with Gasteiger partial charge in [-0.15, -0.1) is 0 Å². The largest absolute Gasteiger partial charge is 0.350 e.